The minimum atomic E-state index is -0.292. The van der Waals surface area contributed by atoms with Gasteiger partial charge in [-0.05, 0) is 24.6 Å². The largest absolute Gasteiger partial charge is 0.295 e. The van der Waals surface area contributed by atoms with E-state index in [1.165, 1.54) is 0 Å². The van der Waals surface area contributed by atoms with Gasteiger partial charge in [-0.2, -0.15) is 4.98 Å². The summed E-state index contributed by atoms with van der Waals surface area (Å²) < 4.78 is 1.64. The summed E-state index contributed by atoms with van der Waals surface area (Å²) in [6.07, 6.45) is 0.269. The molecule has 0 fully saturated rings. The highest BCUT2D eigenvalue weighted by atomic mass is 16.2. The quantitative estimate of drug-likeness (QED) is 0.762. The molecule has 1 aromatic heterocycles. The van der Waals surface area contributed by atoms with Gasteiger partial charge >= 0.3 is 0 Å². The average Bonchev–Trinajstić information content (AvgIpc) is 3.03. The Morgan fingerprint density at radius 1 is 1.19 bits per heavy atom. The fourth-order valence-electron chi connectivity index (χ4n) is 3.01. The molecule has 1 aliphatic rings. The van der Waals surface area contributed by atoms with Gasteiger partial charge in [-0.1, -0.05) is 48.0 Å². The predicted molar refractivity (Wildman–Crippen MR) is 97.0 cm³/mol. The molecule has 26 heavy (non-hydrogen) atoms. The number of nitrogens with one attached hydrogen (secondary N) is 2. The molecule has 2 heterocycles. The van der Waals surface area contributed by atoms with Gasteiger partial charge in [-0.25, -0.2) is 4.68 Å². The number of fused-ring (bicyclic) bond motifs is 1. The van der Waals surface area contributed by atoms with Gasteiger partial charge < -0.3 is 0 Å². The summed E-state index contributed by atoms with van der Waals surface area (Å²) >= 11 is 0. The summed E-state index contributed by atoms with van der Waals surface area (Å²) in [5, 5.41) is 9.79. The smallest absolute Gasteiger partial charge is 0.258 e. The first-order chi connectivity index (χ1) is 12.6. The van der Waals surface area contributed by atoms with E-state index in [4.69, 9.17) is 0 Å². The molecule has 7 heteroatoms. The molecular formula is C19H17N5O2. The SMILES string of the molecule is Cc1cccc(C(=O)Nc2nc3n(n2)[C@H](c2ccccc2)CC(=O)N3)c1. The zero-order valence-electron chi connectivity index (χ0n) is 14.1. The number of hydrogen-bond donors (Lipinski definition) is 2. The molecule has 3 aromatic rings. The molecule has 2 N–H and O–H groups in total. The van der Waals surface area contributed by atoms with Crippen LogP contribution in [-0.2, 0) is 4.79 Å². The summed E-state index contributed by atoms with van der Waals surface area (Å²) in [6.45, 7) is 1.92. The number of aromatic nitrogens is 3. The first-order valence-electron chi connectivity index (χ1n) is 8.29. The minimum Gasteiger partial charge on any atom is -0.295 e. The Bertz CT molecular complexity index is 981. The summed E-state index contributed by atoms with van der Waals surface area (Å²) in [4.78, 5) is 28.7. The lowest BCUT2D eigenvalue weighted by Crippen LogP contribution is -2.29. The molecule has 1 atom stereocenters. The van der Waals surface area contributed by atoms with Crippen LogP contribution in [-0.4, -0.2) is 26.6 Å². The van der Waals surface area contributed by atoms with E-state index in [0.717, 1.165) is 11.1 Å². The van der Waals surface area contributed by atoms with E-state index >= 15 is 0 Å². The van der Waals surface area contributed by atoms with Crippen LogP contribution >= 0.6 is 0 Å². The number of carbonyl (C=O) groups excluding carboxylic acids is 2. The second-order valence-electron chi connectivity index (χ2n) is 6.21. The average molecular weight is 347 g/mol. The fraction of sp³-hybridized carbons (Fsp3) is 0.158. The minimum absolute atomic E-state index is 0.129. The molecule has 0 saturated heterocycles. The lowest BCUT2D eigenvalue weighted by molar-refractivity contribution is -0.117. The van der Waals surface area contributed by atoms with E-state index < -0.39 is 0 Å². The molecule has 130 valence electrons. The summed E-state index contributed by atoms with van der Waals surface area (Å²) in [5.41, 5.74) is 2.48. The maximum absolute atomic E-state index is 12.4. The third kappa shape index (κ3) is 3.06. The summed E-state index contributed by atoms with van der Waals surface area (Å²) in [6, 6.07) is 16.6. The van der Waals surface area contributed by atoms with E-state index in [1.54, 1.807) is 16.8 Å². The van der Waals surface area contributed by atoms with Crippen LogP contribution in [0.15, 0.2) is 54.6 Å². The van der Waals surface area contributed by atoms with Crippen molar-refractivity contribution in [1.29, 1.82) is 0 Å². The number of anilines is 2. The van der Waals surface area contributed by atoms with Gasteiger partial charge in [0.15, 0.2) is 0 Å². The predicted octanol–water partition coefficient (Wildman–Crippen LogP) is 2.77. The zero-order valence-corrected chi connectivity index (χ0v) is 14.1. The summed E-state index contributed by atoms with van der Waals surface area (Å²) in [5.74, 6) is 0.0684. The molecule has 4 rings (SSSR count). The van der Waals surface area contributed by atoms with Crippen LogP contribution in [0.5, 0.6) is 0 Å². The van der Waals surface area contributed by atoms with Gasteiger partial charge in [-0.3, -0.25) is 20.2 Å². The topological polar surface area (TPSA) is 88.9 Å². The van der Waals surface area contributed by atoms with E-state index in [1.807, 2.05) is 49.4 Å². The van der Waals surface area contributed by atoms with Gasteiger partial charge in [0.2, 0.25) is 11.9 Å². The lowest BCUT2D eigenvalue weighted by atomic mass is 10.0. The second kappa shape index (κ2) is 6.44. The van der Waals surface area contributed by atoms with Crippen molar-refractivity contribution in [2.45, 2.75) is 19.4 Å². The van der Waals surface area contributed by atoms with Crippen LogP contribution in [0.4, 0.5) is 11.9 Å². The van der Waals surface area contributed by atoms with Crippen molar-refractivity contribution in [1.82, 2.24) is 14.8 Å². The fourth-order valence-corrected chi connectivity index (χ4v) is 3.01. The van der Waals surface area contributed by atoms with Crippen molar-refractivity contribution in [2.24, 2.45) is 0 Å². The Hall–Kier alpha value is -3.48. The lowest BCUT2D eigenvalue weighted by Gasteiger charge is -2.23. The molecule has 0 radical (unpaired) electrons. The van der Waals surface area contributed by atoms with Crippen LogP contribution in [0.25, 0.3) is 0 Å². The first-order valence-corrected chi connectivity index (χ1v) is 8.29. The molecule has 2 amide bonds. The number of carbonyl (C=O) groups is 2. The van der Waals surface area contributed by atoms with Crippen molar-refractivity contribution in [3.63, 3.8) is 0 Å². The highest BCUT2D eigenvalue weighted by Crippen LogP contribution is 2.29. The second-order valence-corrected chi connectivity index (χ2v) is 6.21. The van der Waals surface area contributed by atoms with E-state index in [0.29, 0.717) is 11.5 Å². The molecule has 0 unspecified atom stereocenters. The molecule has 7 nitrogen and oxygen atoms in total. The van der Waals surface area contributed by atoms with Crippen LogP contribution in [0.1, 0.15) is 33.9 Å². The van der Waals surface area contributed by atoms with Gasteiger partial charge in [0, 0.05) is 5.56 Å². The van der Waals surface area contributed by atoms with Crippen LogP contribution in [0.3, 0.4) is 0 Å². The Morgan fingerprint density at radius 3 is 2.77 bits per heavy atom. The van der Waals surface area contributed by atoms with E-state index in [2.05, 4.69) is 20.7 Å². The van der Waals surface area contributed by atoms with Crippen LogP contribution < -0.4 is 10.6 Å². The number of amides is 2. The maximum Gasteiger partial charge on any atom is 0.258 e. The van der Waals surface area contributed by atoms with Crippen molar-refractivity contribution < 1.29 is 9.59 Å². The third-order valence-corrected chi connectivity index (χ3v) is 4.25. The number of benzene rings is 2. The Labute approximate surface area is 150 Å². The highest BCUT2D eigenvalue weighted by Gasteiger charge is 2.29. The molecule has 1 aliphatic heterocycles. The monoisotopic (exact) mass is 347 g/mol. The Morgan fingerprint density at radius 2 is 2.00 bits per heavy atom. The summed E-state index contributed by atoms with van der Waals surface area (Å²) in [7, 11) is 0. The molecule has 0 saturated carbocycles. The first kappa shape index (κ1) is 16.0. The maximum atomic E-state index is 12.4. The molecule has 2 aromatic carbocycles. The van der Waals surface area contributed by atoms with Gasteiger partial charge in [0.05, 0.1) is 12.5 Å². The Kier molecular flexibility index (Phi) is 3.96. The Balaban J connectivity index is 1.63. The van der Waals surface area contributed by atoms with Gasteiger partial charge in [0.25, 0.3) is 11.9 Å². The number of nitrogens with zero attached hydrogens (tertiary/aromatic N) is 3. The van der Waals surface area contributed by atoms with Gasteiger partial charge in [-0.15, -0.1) is 5.10 Å². The van der Waals surface area contributed by atoms with E-state index in [9.17, 15) is 9.59 Å². The van der Waals surface area contributed by atoms with E-state index in [-0.39, 0.29) is 30.2 Å². The number of rotatable bonds is 3. The molecule has 0 spiro atoms. The molecule has 0 bridgehead atoms. The van der Waals surface area contributed by atoms with Crippen molar-refractivity contribution in [2.75, 3.05) is 10.6 Å². The molecule has 0 aliphatic carbocycles. The van der Waals surface area contributed by atoms with Crippen molar-refractivity contribution in [3.05, 3.63) is 71.3 Å². The highest BCUT2D eigenvalue weighted by molar-refractivity contribution is 6.03. The standard InChI is InChI=1S/C19H17N5O2/c1-12-6-5-9-14(10-12)17(26)21-18-22-19-20-16(25)11-15(24(19)23-18)13-7-3-2-4-8-13/h2-10,15H,11H2,1H3,(H2,20,21,22,23,25,26)/t15-/m0/s1. The normalized spacial score (nSPS) is 15.9. The third-order valence-electron chi connectivity index (χ3n) is 4.25. The van der Waals surface area contributed by atoms with Crippen LogP contribution in [0.2, 0.25) is 0 Å². The number of hydrogen-bond acceptors (Lipinski definition) is 4. The molecular weight excluding hydrogens is 330 g/mol. The van der Waals surface area contributed by atoms with Crippen molar-refractivity contribution in [3.8, 4) is 0 Å². The zero-order chi connectivity index (χ0) is 18.1. The van der Waals surface area contributed by atoms with Gasteiger partial charge in [0.1, 0.15) is 0 Å². The van der Waals surface area contributed by atoms with Crippen LogP contribution in [0, 0.1) is 6.92 Å². The van der Waals surface area contributed by atoms with Crippen molar-refractivity contribution >= 4 is 23.7 Å². The number of aryl methyl sites for hydroxylation is 1.